The fourth-order valence-electron chi connectivity index (χ4n) is 9.86. The summed E-state index contributed by atoms with van der Waals surface area (Å²) in [5.41, 5.74) is 8.28. The molecular weight excluding hydrogens is 721 g/mol. The van der Waals surface area contributed by atoms with Crippen LogP contribution < -0.4 is 9.80 Å². The number of nitrogens with zero attached hydrogens (tertiary/aromatic N) is 2. The first kappa shape index (κ1) is 35.8. The zero-order chi connectivity index (χ0) is 40.6. The highest BCUT2D eigenvalue weighted by Gasteiger charge is 2.47. The highest BCUT2D eigenvalue weighted by molar-refractivity contribution is 6.51. The van der Waals surface area contributed by atoms with Gasteiger partial charge in [0.05, 0.1) is 44.7 Å². The van der Waals surface area contributed by atoms with Crippen LogP contribution in [0, 0.1) is 0 Å². The standard InChI is InChI=1S/C50H44N4O4/c1-23(2)27-17-13-18-28(24(3)4)45(27)53-47(55)39-35-31-15-9-11-21-33(31)51-43(35)41-38-37(39)40(48(53)56)36-32-16-10-12-22-34(32)52-44(36)42(38)50(58)54(49(41)57)46-29(25(5)6)19-14-20-30(46)26(7)8/h9-26,51-52H,1-8H3. The average molecular weight is 765 g/mol. The van der Waals surface area contributed by atoms with E-state index < -0.39 is 23.6 Å². The molecule has 8 nitrogen and oxygen atoms in total. The minimum atomic E-state index is -0.494. The minimum absolute atomic E-state index is 0.00190. The topological polar surface area (TPSA) is 106 Å². The Balaban J connectivity index is 1.45. The summed E-state index contributed by atoms with van der Waals surface area (Å²) in [6.45, 7) is 16.6. The molecule has 58 heavy (non-hydrogen) atoms. The number of aromatic nitrogens is 2. The molecular formula is C50H44N4O4. The molecule has 2 N–H and O–H groups in total. The number of aromatic amines is 2. The smallest absolute Gasteiger partial charge is 0.268 e. The molecule has 0 bridgehead atoms. The van der Waals surface area contributed by atoms with Crippen molar-refractivity contribution < 1.29 is 19.2 Å². The Kier molecular flexibility index (Phi) is 7.71. The summed E-state index contributed by atoms with van der Waals surface area (Å²) in [5.74, 6) is -1.95. The van der Waals surface area contributed by atoms with E-state index >= 15 is 19.2 Å². The zero-order valence-corrected chi connectivity index (χ0v) is 33.9. The van der Waals surface area contributed by atoms with Crippen molar-refractivity contribution in [1.82, 2.24) is 9.97 Å². The second kappa shape index (κ2) is 12.5. The van der Waals surface area contributed by atoms with Gasteiger partial charge in [0.2, 0.25) is 0 Å². The lowest BCUT2D eigenvalue weighted by Gasteiger charge is -2.36. The lowest BCUT2D eigenvalue weighted by atomic mass is 9.80. The maximum absolute atomic E-state index is 15.8. The number of carbonyl (C=O) groups is 4. The van der Waals surface area contributed by atoms with Gasteiger partial charge >= 0.3 is 0 Å². The van der Waals surface area contributed by atoms with Crippen molar-refractivity contribution in [3.05, 3.63) is 129 Å². The molecule has 6 aromatic carbocycles. The van der Waals surface area contributed by atoms with Crippen LogP contribution in [0.5, 0.6) is 0 Å². The molecule has 8 aromatic rings. The number of H-pyrrole nitrogens is 2. The van der Waals surface area contributed by atoms with Crippen LogP contribution in [0.15, 0.2) is 84.9 Å². The maximum atomic E-state index is 15.8. The third-order valence-corrected chi connectivity index (χ3v) is 12.5. The molecule has 0 fully saturated rings. The number of nitrogens with one attached hydrogen (secondary N) is 2. The van der Waals surface area contributed by atoms with E-state index in [1.165, 1.54) is 9.80 Å². The Morgan fingerprint density at radius 2 is 0.690 bits per heavy atom. The first-order chi connectivity index (χ1) is 27.8. The largest absolute Gasteiger partial charge is 0.354 e. The van der Waals surface area contributed by atoms with Crippen molar-refractivity contribution in [2.24, 2.45) is 0 Å². The van der Waals surface area contributed by atoms with Crippen LogP contribution in [0.3, 0.4) is 0 Å². The van der Waals surface area contributed by atoms with Crippen LogP contribution in [-0.2, 0) is 0 Å². The normalized spacial score (nSPS) is 14.6. The molecule has 0 unspecified atom stereocenters. The van der Waals surface area contributed by atoms with Crippen LogP contribution in [0.25, 0.3) is 54.4 Å². The van der Waals surface area contributed by atoms with Crippen molar-refractivity contribution in [1.29, 1.82) is 0 Å². The number of anilines is 2. The summed E-state index contributed by atoms with van der Waals surface area (Å²) in [6.07, 6.45) is 0. The van der Waals surface area contributed by atoms with E-state index in [0.29, 0.717) is 55.1 Å². The summed E-state index contributed by atoms with van der Waals surface area (Å²) < 4.78 is 0. The summed E-state index contributed by atoms with van der Waals surface area (Å²) in [4.78, 5) is 72.8. The van der Waals surface area contributed by atoms with Gasteiger partial charge in [-0.05, 0) is 58.1 Å². The Hall–Kier alpha value is -6.54. The number of benzene rings is 6. The van der Waals surface area contributed by atoms with Gasteiger partial charge in [-0.1, -0.05) is 128 Å². The van der Waals surface area contributed by atoms with Gasteiger partial charge in [0.25, 0.3) is 23.6 Å². The quantitative estimate of drug-likeness (QED) is 0.164. The zero-order valence-electron chi connectivity index (χ0n) is 33.9. The molecule has 0 saturated heterocycles. The van der Waals surface area contributed by atoms with Crippen molar-refractivity contribution in [2.75, 3.05) is 9.80 Å². The van der Waals surface area contributed by atoms with E-state index in [-0.39, 0.29) is 34.8 Å². The molecule has 10 rings (SSSR count). The molecule has 4 amide bonds. The fourth-order valence-corrected chi connectivity index (χ4v) is 9.86. The van der Waals surface area contributed by atoms with Crippen LogP contribution >= 0.6 is 0 Å². The molecule has 2 aliphatic heterocycles. The number of amides is 4. The van der Waals surface area contributed by atoms with Gasteiger partial charge in [0, 0.05) is 43.4 Å². The van der Waals surface area contributed by atoms with Crippen molar-refractivity contribution in [3.63, 3.8) is 0 Å². The van der Waals surface area contributed by atoms with Crippen LogP contribution in [-0.4, -0.2) is 33.6 Å². The summed E-state index contributed by atoms with van der Waals surface area (Å²) in [5, 5.41) is 3.30. The lowest BCUT2D eigenvalue weighted by molar-refractivity contribution is 0.0875. The SMILES string of the molecule is CC(C)c1cccc(C(C)C)c1N1C(=O)c2c3[nH]c4ccccc4c3c3c4c(c5c([nH]c6ccccc65)c(c24)C1=O)C(=O)N(c1c(C(C)C)cccc1C(C)C)C3=O. The first-order valence-electron chi connectivity index (χ1n) is 20.3. The Morgan fingerprint density at radius 1 is 0.379 bits per heavy atom. The molecule has 0 spiro atoms. The van der Waals surface area contributed by atoms with Gasteiger partial charge in [0.15, 0.2) is 0 Å². The van der Waals surface area contributed by atoms with Crippen molar-refractivity contribution in [3.8, 4) is 0 Å². The second-order valence-corrected chi connectivity index (χ2v) is 17.2. The molecule has 0 aliphatic carbocycles. The molecule has 4 heterocycles. The van der Waals surface area contributed by atoms with Gasteiger partial charge in [-0.25, -0.2) is 9.80 Å². The fraction of sp³-hybridized carbons (Fsp3) is 0.240. The highest BCUT2D eigenvalue weighted by Crippen LogP contribution is 2.52. The van der Waals surface area contributed by atoms with Gasteiger partial charge in [-0.15, -0.1) is 0 Å². The third-order valence-electron chi connectivity index (χ3n) is 12.5. The maximum Gasteiger partial charge on any atom is 0.268 e. The van der Waals surface area contributed by atoms with E-state index in [1.807, 2.05) is 84.9 Å². The number of carbonyl (C=O) groups excluding carboxylic acids is 4. The molecule has 0 radical (unpaired) electrons. The molecule has 0 atom stereocenters. The van der Waals surface area contributed by atoms with Crippen LogP contribution in [0.4, 0.5) is 11.4 Å². The molecule has 8 heteroatoms. The highest BCUT2D eigenvalue weighted by atomic mass is 16.2. The number of hydrogen-bond donors (Lipinski definition) is 2. The van der Waals surface area contributed by atoms with Gasteiger partial charge in [-0.2, -0.15) is 0 Å². The van der Waals surface area contributed by atoms with E-state index in [1.54, 1.807) is 0 Å². The number of rotatable bonds is 6. The monoisotopic (exact) mass is 764 g/mol. The number of hydrogen-bond acceptors (Lipinski definition) is 4. The second-order valence-electron chi connectivity index (χ2n) is 17.2. The van der Waals surface area contributed by atoms with Crippen molar-refractivity contribution in [2.45, 2.75) is 79.1 Å². The van der Waals surface area contributed by atoms with Gasteiger partial charge < -0.3 is 9.97 Å². The molecule has 2 aliphatic rings. The van der Waals surface area contributed by atoms with E-state index in [9.17, 15) is 0 Å². The lowest BCUT2D eigenvalue weighted by Crippen LogP contribution is -2.45. The van der Waals surface area contributed by atoms with Crippen LogP contribution in [0.1, 0.15) is 143 Å². The minimum Gasteiger partial charge on any atom is -0.354 e. The number of imide groups is 2. The average Bonchev–Trinajstić information content (AvgIpc) is 3.77. The summed E-state index contributed by atoms with van der Waals surface area (Å²) in [7, 11) is 0. The Morgan fingerprint density at radius 3 is 1.03 bits per heavy atom. The Bertz CT molecular complexity index is 2980. The van der Waals surface area contributed by atoms with E-state index in [0.717, 1.165) is 44.1 Å². The predicted molar refractivity (Wildman–Crippen MR) is 234 cm³/mol. The van der Waals surface area contributed by atoms with Gasteiger partial charge in [-0.3, -0.25) is 19.2 Å². The summed E-state index contributed by atoms with van der Waals surface area (Å²) >= 11 is 0. The first-order valence-corrected chi connectivity index (χ1v) is 20.3. The van der Waals surface area contributed by atoms with Crippen molar-refractivity contribution >= 4 is 89.4 Å². The van der Waals surface area contributed by atoms with Crippen LogP contribution in [0.2, 0.25) is 0 Å². The molecule has 288 valence electrons. The van der Waals surface area contributed by atoms with Gasteiger partial charge in [0.1, 0.15) is 0 Å². The third kappa shape index (κ3) is 4.57. The molecule has 2 aromatic heterocycles. The summed E-state index contributed by atoms with van der Waals surface area (Å²) in [6, 6.07) is 27.4. The predicted octanol–water partition coefficient (Wildman–Crippen LogP) is 12.2. The number of para-hydroxylation sites is 4. The van der Waals surface area contributed by atoms with E-state index in [2.05, 4.69) is 65.4 Å². The van der Waals surface area contributed by atoms with E-state index in [4.69, 9.17) is 0 Å². The Labute approximate surface area is 335 Å². The number of fused-ring (bicyclic) bond motifs is 10. The molecule has 0 saturated carbocycles.